The van der Waals surface area contributed by atoms with Crippen LogP contribution in [0.1, 0.15) is 6.92 Å². The third-order valence-electron chi connectivity index (χ3n) is 4.20. The normalized spacial score (nSPS) is 16.2. The van der Waals surface area contributed by atoms with Crippen LogP contribution in [0.25, 0.3) is 0 Å². The molecule has 1 saturated heterocycles. The van der Waals surface area contributed by atoms with Crippen molar-refractivity contribution in [1.82, 2.24) is 14.9 Å². The van der Waals surface area contributed by atoms with Crippen molar-refractivity contribution >= 4 is 17.5 Å². The molecule has 1 aliphatic heterocycles. The molecule has 1 amide bonds. The van der Waals surface area contributed by atoms with Crippen LogP contribution in [-0.2, 0) is 4.79 Å². The number of nitrogens with one attached hydrogen (secondary N) is 1. The highest BCUT2D eigenvalue weighted by molar-refractivity contribution is 5.93. The van der Waals surface area contributed by atoms with Gasteiger partial charge in [-0.3, -0.25) is 4.79 Å². The first-order chi connectivity index (χ1) is 12.5. The number of ether oxygens (including phenoxy) is 1. The number of para-hydroxylation sites is 1. The third-order valence-corrected chi connectivity index (χ3v) is 4.20. The van der Waals surface area contributed by atoms with Crippen molar-refractivity contribution in [3.05, 3.63) is 42.5 Å². The van der Waals surface area contributed by atoms with Crippen molar-refractivity contribution in [1.29, 1.82) is 0 Å². The first kappa shape index (κ1) is 18.1. The molecule has 1 aromatic heterocycles. The van der Waals surface area contributed by atoms with Crippen LogP contribution in [0.15, 0.2) is 36.7 Å². The Labute approximate surface area is 151 Å². The van der Waals surface area contributed by atoms with E-state index in [-0.39, 0.29) is 5.75 Å². The second kappa shape index (κ2) is 8.09. The highest BCUT2D eigenvalue weighted by Gasteiger charge is 2.18. The Morgan fingerprint density at radius 1 is 1.19 bits per heavy atom. The van der Waals surface area contributed by atoms with Crippen molar-refractivity contribution in [3.63, 3.8) is 0 Å². The summed E-state index contributed by atoms with van der Waals surface area (Å²) in [4.78, 5) is 25.2. The maximum atomic E-state index is 13.6. The summed E-state index contributed by atoms with van der Waals surface area (Å²) >= 11 is 0. The number of piperazine rings is 1. The van der Waals surface area contributed by atoms with Crippen LogP contribution in [-0.4, -0.2) is 60.1 Å². The van der Waals surface area contributed by atoms with Gasteiger partial charge in [0.25, 0.3) is 5.91 Å². The van der Waals surface area contributed by atoms with Gasteiger partial charge in [0.2, 0.25) is 5.95 Å². The molecule has 1 atom stereocenters. The molecule has 1 fully saturated rings. The molecule has 1 aromatic carbocycles. The van der Waals surface area contributed by atoms with Crippen molar-refractivity contribution < 1.29 is 13.9 Å². The first-order valence-corrected chi connectivity index (χ1v) is 8.50. The van der Waals surface area contributed by atoms with Gasteiger partial charge in [-0.2, -0.15) is 0 Å². The highest BCUT2D eigenvalue weighted by atomic mass is 19.1. The molecule has 0 radical (unpaired) electrons. The Balaban J connectivity index is 1.56. The number of rotatable bonds is 5. The molecule has 26 heavy (non-hydrogen) atoms. The van der Waals surface area contributed by atoms with E-state index in [2.05, 4.69) is 32.1 Å². The number of benzene rings is 1. The van der Waals surface area contributed by atoms with E-state index in [9.17, 15) is 9.18 Å². The van der Waals surface area contributed by atoms with Crippen LogP contribution in [0, 0.1) is 5.82 Å². The van der Waals surface area contributed by atoms with Gasteiger partial charge in [-0.25, -0.2) is 14.4 Å². The van der Waals surface area contributed by atoms with E-state index in [1.165, 1.54) is 12.1 Å². The van der Waals surface area contributed by atoms with Crippen LogP contribution in [0.4, 0.5) is 16.0 Å². The van der Waals surface area contributed by atoms with Crippen LogP contribution >= 0.6 is 0 Å². The quantitative estimate of drug-likeness (QED) is 0.877. The molecule has 3 rings (SSSR count). The number of anilines is 2. The average Bonchev–Trinajstić information content (AvgIpc) is 2.65. The van der Waals surface area contributed by atoms with Crippen molar-refractivity contribution in [2.75, 3.05) is 43.4 Å². The fourth-order valence-electron chi connectivity index (χ4n) is 2.58. The van der Waals surface area contributed by atoms with Gasteiger partial charge in [0.05, 0.1) is 18.1 Å². The van der Waals surface area contributed by atoms with Crippen LogP contribution < -0.4 is 15.0 Å². The van der Waals surface area contributed by atoms with Gasteiger partial charge < -0.3 is 19.9 Å². The maximum Gasteiger partial charge on any atom is 0.265 e. The Morgan fingerprint density at radius 3 is 2.50 bits per heavy atom. The monoisotopic (exact) mass is 359 g/mol. The average molecular weight is 359 g/mol. The van der Waals surface area contributed by atoms with Gasteiger partial charge in [-0.15, -0.1) is 0 Å². The van der Waals surface area contributed by atoms with E-state index < -0.39 is 17.8 Å². The van der Waals surface area contributed by atoms with E-state index in [4.69, 9.17) is 4.74 Å². The SMILES string of the molecule is CC(Oc1ccccc1F)C(=O)Nc1cnc(N2CCN(C)CC2)nc1. The number of amides is 1. The predicted molar refractivity (Wildman–Crippen MR) is 96.9 cm³/mol. The summed E-state index contributed by atoms with van der Waals surface area (Å²) < 4.78 is 19.0. The summed E-state index contributed by atoms with van der Waals surface area (Å²) in [5.41, 5.74) is 0.469. The zero-order valence-corrected chi connectivity index (χ0v) is 14.9. The van der Waals surface area contributed by atoms with Crippen LogP contribution in [0.2, 0.25) is 0 Å². The Bertz CT molecular complexity index is 748. The van der Waals surface area contributed by atoms with Gasteiger partial charge in [0.1, 0.15) is 0 Å². The first-order valence-electron chi connectivity index (χ1n) is 8.50. The second-order valence-corrected chi connectivity index (χ2v) is 6.24. The molecule has 2 heterocycles. The summed E-state index contributed by atoms with van der Waals surface area (Å²) in [6.07, 6.45) is 2.27. The van der Waals surface area contributed by atoms with Crippen molar-refractivity contribution in [3.8, 4) is 5.75 Å². The van der Waals surface area contributed by atoms with Crippen molar-refractivity contribution in [2.45, 2.75) is 13.0 Å². The predicted octanol–water partition coefficient (Wildman–Crippen LogP) is 1.77. The summed E-state index contributed by atoms with van der Waals surface area (Å²) in [7, 11) is 2.08. The number of hydrogen-bond donors (Lipinski definition) is 1. The molecule has 1 unspecified atom stereocenters. The number of halogens is 1. The lowest BCUT2D eigenvalue weighted by Gasteiger charge is -2.32. The second-order valence-electron chi connectivity index (χ2n) is 6.24. The lowest BCUT2D eigenvalue weighted by Crippen LogP contribution is -2.45. The summed E-state index contributed by atoms with van der Waals surface area (Å²) in [5.74, 6) is -0.222. The summed E-state index contributed by atoms with van der Waals surface area (Å²) in [6.45, 7) is 5.23. The highest BCUT2D eigenvalue weighted by Crippen LogP contribution is 2.18. The minimum absolute atomic E-state index is 0.0387. The largest absolute Gasteiger partial charge is 0.478 e. The van der Waals surface area contributed by atoms with Crippen LogP contribution in [0.5, 0.6) is 5.75 Å². The van der Waals surface area contributed by atoms with Gasteiger partial charge in [-0.1, -0.05) is 12.1 Å². The van der Waals surface area contributed by atoms with E-state index in [1.807, 2.05) is 0 Å². The van der Waals surface area contributed by atoms with E-state index in [0.717, 1.165) is 26.2 Å². The van der Waals surface area contributed by atoms with E-state index in [1.54, 1.807) is 31.5 Å². The molecule has 8 heteroatoms. The Kier molecular flexibility index (Phi) is 5.62. The third kappa shape index (κ3) is 4.45. The maximum absolute atomic E-state index is 13.6. The standard InChI is InChI=1S/C18H22FN5O2/c1-13(26-16-6-4-3-5-15(16)19)17(25)22-14-11-20-18(21-12-14)24-9-7-23(2)8-10-24/h3-6,11-13H,7-10H2,1-2H3,(H,22,25). The zero-order chi connectivity index (χ0) is 18.5. The van der Waals surface area contributed by atoms with Gasteiger partial charge in [0.15, 0.2) is 17.7 Å². The minimum atomic E-state index is -0.857. The van der Waals surface area contributed by atoms with E-state index >= 15 is 0 Å². The molecule has 1 aliphatic rings. The molecule has 1 N–H and O–H groups in total. The van der Waals surface area contributed by atoms with Crippen LogP contribution in [0.3, 0.4) is 0 Å². The molecular weight excluding hydrogens is 337 g/mol. The van der Waals surface area contributed by atoms with E-state index in [0.29, 0.717) is 11.6 Å². The molecule has 0 aliphatic carbocycles. The number of likely N-dealkylation sites (N-methyl/N-ethyl adjacent to an activating group) is 1. The molecular formula is C18H22FN5O2. The lowest BCUT2D eigenvalue weighted by atomic mass is 10.3. The summed E-state index contributed by atoms with van der Waals surface area (Å²) in [6, 6.07) is 5.97. The molecule has 0 spiro atoms. The topological polar surface area (TPSA) is 70.6 Å². The number of nitrogens with zero attached hydrogens (tertiary/aromatic N) is 4. The van der Waals surface area contributed by atoms with Gasteiger partial charge in [0, 0.05) is 26.2 Å². The summed E-state index contributed by atoms with van der Waals surface area (Å²) in [5, 5.41) is 2.68. The number of aromatic nitrogens is 2. The molecule has 7 nitrogen and oxygen atoms in total. The smallest absolute Gasteiger partial charge is 0.265 e. The van der Waals surface area contributed by atoms with Crippen molar-refractivity contribution in [2.24, 2.45) is 0 Å². The van der Waals surface area contributed by atoms with Gasteiger partial charge >= 0.3 is 0 Å². The minimum Gasteiger partial charge on any atom is -0.478 e. The Morgan fingerprint density at radius 2 is 1.85 bits per heavy atom. The fourth-order valence-corrected chi connectivity index (χ4v) is 2.58. The number of carbonyl (C=O) groups excluding carboxylic acids is 1. The lowest BCUT2D eigenvalue weighted by molar-refractivity contribution is -0.122. The molecule has 2 aromatic rings. The van der Waals surface area contributed by atoms with Gasteiger partial charge in [-0.05, 0) is 26.1 Å². The Hall–Kier alpha value is -2.74. The fraction of sp³-hybridized carbons (Fsp3) is 0.389. The molecule has 0 bridgehead atoms. The molecule has 0 saturated carbocycles. The number of carbonyl (C=O) groups is 1. The zero-order valence-electron chi connectivity index (χ0n) is 14.9. The molecule has 138 valence electrons. The number of hydrogen-bond acceptors (Lipinski definition) is 6.